The lowest BCUT2D eigenvalue weighted by Gasteiger charge is -2.27. The predicted octanol–water partition coefficient (Wildman–Crippen LogP) is 3.12. The molecular weight excluding hydrogens is 252 g/mol. The second-order valence-corrected chi connectivity index (χ2v) is 5.20. The molecule has 6 heteroatoms. The number of hydrogen-bond acceptors (Lipinski definition) is 6. The molecule has 0 N–H and O–H groups in total. The van der Waals surface area contributed by atoms with Crippen LogP contribution in [0.2, 0.25) is 0 Å². The van der Waals surface area contributed by atoms with Crippen LogP contribution in [0, 0.1) is 0 Å². The molecule has 0 aromatic heterocycles. The van der Waals surface area contributed by atoms with Crippen LogP contribution in [-0.2, 0) is 24.0 Å². The highest BCUT2D eigenvalue weighted by Crippen LogP contribution is 2.19. The van der Waals surface area contributed by atoms with Gasteiger partial charge in [0.25, 0.3) is 5.79 Å². The Morgan fingerprint density at radius 3 is 2.05 bits per heavy atom. The average Bonchev–Trinajstić information content (AvgIpc) is 2.24. The molecule has 0 saturated heterocycles. The van der Waals surface area contributed by atoms with Crippen molar-refractivity contribution in [3.05, 3.63) is 12.2 Å². The summed E-state index contributed by atoms with van der Waals surface area (Å²) >= 11 is 0. The van der Waals surface area contributed by atoms with Crippen LogP contribution in [0.3, 0.4) is 0 Å². The van der Waals surface area contributed by atoms with E-state index in [0.717, 1.165) is 0 Å². The van der Waals surface area contributed by atoms with E-state index in [2.05, 4.69) is 11.5 Å². The summed E-state index contributed by atoms with van der Waals surface area (Å²) in [5.74, 6) is -2.19. The van der Waals surface area contributed by atoms with Crippen molar-refractivity contribution in [1.82, 2.24) is 0 Å². The Balaban J connectivity index is 4.33. The van der Waals surface area contributed by atoms with Gasteiger partial charge in [0.1, 0.15) is 5.60 Å². The van der Waals surface area contributed by atoms with Crippen LogP contribution in [0.4, 0.5) is 4.79 Å². The number of carbonyl (C=O) groups excluding carboxylic acids is 2. The fourth-order valence-corrected chi connectivity index (χ4v) is 0.746. The van der Waals surface area contributed by atoms with E-state index in [1.165, 1.54) is 20.8 Å². The van der Waals surface area contributed by atoms with Gasteiger partial charge in [-0.25, -0.2) is 9.59 Å². The third-order valence-electron chi connectivity index (χ3n) is 2.21. The van der Waals surface area contributed by atoms with Gasteiger partial charge in [-0.3, -0.25) is 4.89 Å². The minimum absolute atomic E-state index is 0.172. The second-order valence-electron chi connectivity index (χ2n) is 5.20. The minimum Gasteiger partial charge on any atom is -0.428 e. The SMILES string of the molecule is C=C(C)C(=O)OOC(C)(C)OC(=O)OC(C)(C)CC. The molecule has 0 atom stereocenters. The molecule has 0 aromatic rings. The molecule has 110 valence electrons. The number of hydrogen-bond donors (Lipinski definition) is 0. The molecule has 0 unspecified atom stereocenters. The first kappa shape index (κ1) is 17.4. The quantitative estimate of drug-likeness (QED) is 0.244. The molecule has 0 spiro atoms. The fraction of sp³-hybridized carbons (Fsp3) is 0.692. The van der Waals surface area contributed by atoms with Gasteiger partial charge < -0.3 is 9.47 Å². The fourth-order valence-electron chi connectivity index (χ4n) is 0.746. The maximum Gasteiger partial charge on any atom is 0.511 e. The van der Waals surface area contributed by atoms with Gasteiger partial charge >= 0.3 is 12.1 Å². The van der Waals surface area contributed by atoms with E-state index in [9.17, 15) is 9.59 Å². The maximum absolute atomic E-state index is 11.5. The Kier molecular flexibility index (Phi) is 6.02. The molecule has 0 amide bonds. The zero-order valence-electron chi connectivity index (χ0n) is 12.4. The maximum atomic E-state index is 11.5. The number of carbonyl (C=O) groups is 2. The normalized spacial score (nSPS) is 11.7. The van der Waals surface area contributed by atoms with Gasteiger partial charge in [-0.05, 0) is 27.2 Å². The highest BCUT2D eigenvalue weighted by Gasteiger charge is 2.31. The molecule has 0 heterocycles. The summed E-state index contributed by atoms with van der Waals surface area (Å²) in [5, 5.41) is 0. The summed E-state index contributed by atoms with van der Waals surface area (Å²) in [4.78, 5) is 31.9. The summed E-state index contributed by atoms with van der Waals surface area (Å²) in [6.07, 6.45) is -0.267. The molecule has 0 radical (unpaired) electrons. The Morgan fingerprint density at radius 1 is 1.11 bits per heavy atom. The highest BCUT2D eigenvalue weighted by atomic mass is 17.2. The second kappa shape index (κ2) is 6.56. The number of rotatable bonds is 6. The molecule has 0 aromatic carbocycles. The van der Waals surface area contributed by atoms with Gasteiger partial charge in [0.05, 0.1) is 0 Å². The van der Waals surface area contributed by atoms with E-state index >= 15 is 0 Å². The van der Waals surface area contributed by atoms with Crippen LogP contribution in [0.1, 0.15) is 48.0 Å². The molecule has 0 aliphatic rings. The Labute approximate surface area is 113 Å². The van der Waals surface area contributed by atoms with E-state index < -0.39 is 23.5 Å². The number of ether oxygens (including phenoxy) is 2. The molecule has 0 bridgehead atoms. The smallest absolute Gasteiger partial charge is 0.428 e. The van der Waals surface area contributed by atoms with Crippen molar-refractivity contribution in [2.24, 2.45) is 0 Å². The largest absolute Gasteiger partial charge is 0.511 e. The lowest BCUT2D eigenvalue weighted by Crippen LogP contribution is -2.36. The van der Waals surface area contributed by atoms with Crippen molar-refractivity contribution in [1.29, 1.82) is 0 Å². The van der Waals surface area contributed by atoms with E-state index in [0.29, 0.717) is 6.42 Å². The molecule has 0 aliphatic heterocycles. The Morgan fingerprint density at radius 2 is 1.63 bits per heavy atom. The first-order valence-electron chi connectivity index (χ1n) is 5.96. The summed E-state index contributed by atoms with van der Waals surface area (Å²) < 4.78 is 9.99. The monoisotopic (exact) mass is 274 g/mol. The third kappa shape index (κ3) is 7.46. The van der Waals surface area contributed by atoms with Gasteiger partial charge in [0.15, 0.2) is 0 Å². The van der Waals surface area contributed by atoms with Crippen molar-refractivity contribution in [3.8, 4) is 0 Å². The van der Waals surface area contributed by atoms with Crippen molar-refractivity contribution in [2.45, 2.75) is 59.4 Å². The Hall–Kier alpha value is -1.56. The topological polar surface area (TPSA) is 71.1 Å². The van der Waals surface area contributed by atoms with Crippen LogP contribution in [0.5, 0.6) is 0 Å². The van der Waals surface area contributed by atoms with Crippen molar-refractivity contribution >= 4 is 12.1 Å². The molecule has 19 heavy (non-hydrogen) atoms. The van der Waals surface area contributed by atoms with Gasteiger partial charge in [-0.15, -0.1) is 4.89 Å². The first-order chi connectivity index (χ1) is 8.49. The van der Waals surface area contributed by atoms with Crippen LogP contribution >= 0.6 is 0 Å². The van der Waals surface area contributed by atoms with E-state index in [1.54, 1.807) is 13.8 Å². The van der Waals surface area contributed by atoms with Gasteiger partial charge in [-0.1, -0.05) is 13.5 Å². The lowest BCUT2D eigenvalue weighted by molar-refractivity contribution is -0.379. The molecule has 0 aliphatic carbocycles. The standard InChI is InChI=1S/C13H22O6/c1-8-12(4,5)16-11(15)17-13(6,7)19-18-10(14)9(2)3/h2,8H2,1,3-7H3. The average molecular weight is 274 g/mol. The van der Waals surface area contributed by atoms with Crippen LogP contribution < -0.4 is 0 Å². The molecule has 6 nitrogen and oxygen atoms in total. The Bertz CT molecular complexity index is 356. The highest BCUT2D eigenvalue weighted by molar-refractivity contribution is 5.86. The lowest BCUT2D eigenvalue weighted by atomic mass is 10.1. The zero-order chi connectivity index (χ0) is 15.3. The van der Waals surface area contributed by atoms with Crippen molar-refractivity contribution in [3.63, 3.8) is 0 Å². The summed E-state index contributed by atoms with van der Waals surface area (Å²) in [7, 11) is 0. The van der Waals surface area contributed by atoms with Crippen molar-refractivity contribution in [2.75, 3.05) is 0 Å². The molecule has 0 fully saturated rings. The van der Waals surface area contributed by atoms with Crippen LogP contribution in [0.15, 0.2) is 12.2 Å². The molecular formula is C13H22O6. The van der Waals surface area contributed by atoms with Crippen LogP contribution in [-0.4, -0.2) is 23.5 Å². The van der Waals surface area contributed by atoms with Crippen LogP contribution in [0.25, 0.3) is 0 Å². The van der Waals surface area contributed by atoms with Crippen molar-refractivity contribution < 1.29 is 28.8 Å². The van der Waals surface area contributed by atoms with Gasteiger partial charge in [0.2, 0.25) is 0 Å². The predicted molar refractivity (Wildman–Crippen MR) is 68.0 cm³/mol. The summed E-state index contributed by atoms with van der Waals surface area (Å²) in [6.45, 7) is 13.1. The summed E-state index contributed by atoms with van der Waals surface area (Å²) in [5.41, 5.74) is -0.466. The molecule has 0 saturated carbocycles. The third-order valence-corrected chi connectivity index (χ3v) is 2.21. The first-order valence-corrected chi connectivity index (χ1v) is 5.96. The molecule has 0 rings (SSSR count). The van der Waals surface area contributed by atoms with Gasteiger partial charge in [-0.2, -0.15) is 0 Å². The van der Waals surface area contributed by atoms with Gasteiger partial charge in [0, 0.05) is 19.4 Å². The zero-order valence-corrected chi connectivity index (χ0v) is 12.4. The summed E-state index contributed by atoms with van der Waals surface area (Å²) in [6, 6.07) is 0. The van der Waals surface area contributed by atoms with E-state index in [4.69, 9.17) is 14.4 Å². The minimum atomic E-state index is -1.45. The van der Waals surface area contributed by atoms with E-state index in [-0.39, 0.29) is 5.57 Å². The van der Waals surface area contributed by atoms with E-state index in [1.807, 2.05) is 6.92 Å².